The maximum absolute atomic E-state index is 13.1. The molecule has 2 unspecified atom stereocenters. The highest BCUT2D eigenvalue weighted by molar-refractivity contribution is 7.21. The van der Waals surface area contributed by atoms with Gasteiger partial charge >= 0.3 is 0 Å². The van der Waals surface area contributed by atoms with Crippen LogP contribution in [0.2, 0.25) is 0 Å². The summed E-state index contributed by atoms with van der Waals surface area (Å²) in [5.41, 5.74) is 12.0. The first-order valence-electron chi connectivity index (χ1n) is 12.3. The Morgan fingerprint density at radius 1 is 1.21 bits per heavy atom. The van der Waals surface area contributed by atoms with Crippen molar-refractivity contribution in [2.45, 2.75) is 51.5 Å². The van der Waals surface area contributed by atoms with Gasteiger partial charge in [0, 0.05) is 30.2 Å². The van der Waals surface area contributed by atoms with Crippen LogP contribution in [0.4, 0.5) is 11.4 Å². The van der Waals surface area contributed by atoms with Gasteiger partial charge in [-0.1, -0.05) is 6.07 Å². The molecule has 1 amide bonds. The number of nitrogen functional groups attached to an aromatic ring is 1. The molecule has 1 saturated carbocycles. The van der Waals surface area contributed by atoms with Gasteiger partial charge in [-0.3, -0.25) is 4.79 Å². The van der Waals surface area contributed by atoms with Gasteiger partial charge in [-0.2, -0.15) is 5.26 Å². The Hall–Kier alpha value is -3.11. The van der Waals surface area contributed by atoms with Crippen molar-refractivity contribution < 1.29 is 4.79 Å². The van der Waals surface area contributed by atoms with Crippen LogP contribution in [0, 0.1) is 30.1 Å². The van der Waals surface area contributed by atoms with Crippen molar-refractivity contribution in [3.63, 3.8) is 0 Å². The number of nitrogens with two attached hydrogens (primary N) is 1. The first kappa shape index (κ1) is 21.4. The third kappa shape index (κ3) is 3.61. The fourth-order valence-corrected chi connectivity index (χ4v) is 7.31. The smallest absolute Gasteiger partial charge is 0.263 e. The lowest BCUT2D eigenvalue weighted by molar-refractivity contribution is 0.0938. The summed E-state index contributed by atoms with van der Waals surface area (Å²) in [5.74, 6) is 1.43. The average molecular weight is 472 g/mol. The molecule has 0 radical (unpaired) electrons. The number of pyridine rings is 1. The Kier molecular flexibility index (Phi) is 5.22. The second-order valence-corrected chi connectivity index (χ2v) is 11.2. The van der Waals surface area contributed by atoms with Crippen LogP contribution in [-0.4, -0.2) is 30.0 Å². The zero-order chi connectivity index (χ0) is 23.4. The minimum Gasteiger partial charge on any atom is -0.397 e. The molecule has 34 heavy (non-hydrogen) atoms. The number of aromatic nitrogens is 1. The first-order valence-corrected chi connectivity index (χ1v) is 13.1. The highest BCUT2D eigenvalue weighted by Crippen LogP contribution is 2.40. The fourth-order valence-electron chi connectivity index (χ4n) is 6.27. The molecule has 2 aromatic heterocycles. The summed E-state index contributed by atoms with van der Waals surface area (Å²) < 4.78 is 0. The summed E-state index contributed by atoms with van der Waals surface area (Å²) in [7, 11) is 0. The molecule has 3 atom stereocenters. The van der Waals surface area contributed by atoms with Crippen molar-refractivity contribution in [1.29, 1.82) is 5.26 Å². The molecule has 6 rings (SSSR count). The number of nitriles is 1. The maximum Gasteiger partial charge on any atom is 0.263 e. The molecule has 1 saturated heterocycles. The molecular weight excluding hydrogens is 442 g/mol. The van der Waals surface area contributed by atoms with E-state index in [1.54, 1.807) is 0 Å². The Balaban J connectivity index is 1.21. The maximum atomic E-state index is 13.1. The number of carbonyl (C=O) groups is 1. The van der Waals surface area contributed by atoms with Crippen LogP contribution in [0.1, 0.15) is 57.7 Å². The number of nitrogens with zero attached hydrogens (tertiary/aromatic N) is 3. The third-order valence-corrected chi connectivity index (χ3v) is 9.04. The zero-order valence-corrected chi connectivity index (χ0v) is 20.3. The number of anilines is 2. The second-order valence-electron chi connectivity index (χ2n) is 10.2. The summed E-state index contributed by atoms with van der Waals surface area (Å²) in [5, 5.41) is 14.1. The van der Waals surface area contributed by atoms with Gasteiger partial charge in [0.1, 0.15) is 15.8 Å². The van der Waals surface area contributed by atoms with Gasteiger partial charge in [-0.25, -0.2) is 4.98 Å². The molecule has 174 valence electrons. The van der Waals surface area contributed by atoms with Gasteiger partial charge < -0.3 is 16.0 Å². The number of carbonyl (C=O) groups excluding carboxylic acids is 1. The lowest BCUT2D eigenvalue weighted by Crippen LogP contribution is -2.39. The largest absolute Gasteiger partial charge is 0.397 e. The van der Waals surface area contributed by atoms with Crippen molar-refractivity contribution in [3.8, 4) is 6.07 Å². The van der Waals surface area contributed by atoms with Crippen LogP contribution in [-0.2, 0) is 12.8 Å². The van der Waals surface area contributed by atoms with E-state index in [0.29, 0.717) is 10.6 Å². The summed E-state index contributed by atoms with van der Waals surface area (Å²) >= 11 is 1.35. The highest BCUT2D eigenvalue weighted by atomic mass is 32.1. The molecule has 2 aliphatic carbocycles. The molecule has 1 aliphatic heterocycles. The van der Waals surface area contributed by atoms with Gasteiger partial charge in [0.05, 0.1) is 16.9 Å². The number of nitrogens with one attached hydrogen (secondary N) is 1. The number of piperidine rings is 1. The Morgan fingerprint density at radius 2 is 2.00 bits per heavy atom. The zero-order valence-electron chi connectivity index (χ0n) is 19.4. The monoisotopic (exact) mass is 471 g/mol. The first-order chi connectivity index (χ1) is 16.5. The van der Waals surface area contributed by atoms with E-state index in [0.717, 1.165) is 71.3 Å². The summed E-state index contributed by atoms with van der Waals surface area (Å²) in [4.78, 5) is 21.4. The summed E-state index contributed by atoms with van der Waals surface area (Å²) in [6, 6.07) is 10.7. The summed E-state index contributed by atoms with van der Waals surface area (Å²) in [6.07, 6.45) is 6.38. The molecule has 1 aromatic carbocycles. The molecule has 3 N–H and O–H groups in total. The molecule has 3 aromatic rings. The molecule has 7 heteroatoms. The number of hydrogen-bond acceptors (Lipinski definition) is 6. The lowest BCUT2D eigenvalue weighted by Gasteiger charge is -2.35. The van der Waals surface area contributed by atoms with Crippen molar-refractivity contribution >= 4 is 38.8 Å². The molecular formula is C27H29N5OS. The number of hydrogen-bond donors (Lipinski definition) is 2. The van der Waals surface area contributed by atoms with Crippen molar-refractivity contribution in [1.82, 2.24) is 10.3 Å². The number of rotatable bonds is 3. The van der Waals surface area contributed by atoms with E-state index in [2.05, 4.69) is 33.4 Å². The van der Waals surface area contributed by atoms with Gasteiger partial charge in [-0.15, -0.1) is 11.3 Å². The number of benzene rings is 1. The molecule has 3 aliphatic rings. The molecule has 2 fully saturated rings. The molecule has 6 nitrogen and oxygen atoms in total. The van der Waals surface area contributed by atoms with E-state index in [4.69, 9.17) is 5.73 Å². The van der Waals surface area contributed by atoms with Crippen molar-refractivity contribution in [3.05, 3.63) is 51.5 Å². The van der Waals surface area contributed by atoms with Crippen LogP contribution in [0.25, 0.3) is 10.2 Å². The van der Waals surface area contributed by atoms with Crippen LogP contribution in [0.3, 0.4) is 0 Å². The van der Waals surface area contributed by atoms with Crippen LogP contribution < -0.4 is 16.0 Å². The minimum atomic E-state index is -0.132. The van der Waals surface area contributed by atoms with E-state index in [1.165, 1.54) is 41.7 Å². The average Bonchev–Trinajstić information content (AvgIpc) is 3.35. The van der Waals surface area contributed by atoms with Gasteiger partial charge in [0.2, 0.25) is 0 Å². The molecule has 0 spiro atoms. The van der Waals surface area contributed by atoms with Gasteiger partial charge in [-0.05, 0) is 86.6 Å². The van der Waals surface area contributed by atoms with Crippen LogP contribution in [0.5, 0.6) is 0 Å². The van der Waals surface area contributed by atoms with E-state index in [1.807, 2.05) is 19.1 Å². The normalized spacial score (nSPS) is 23.5. The van der Waals surface area contributed by atoms with E-state index >= 15 is 0 Å². The summed E-state index contributed by atoms with van der Waals surface area (Å²) in [6.45, 7) is 4.09. The number of thiophene rings is 1. The van der Waals surface area contributed by atoms with Gasteiger partial charge in [0.25, 0.3) is 5.91 Å². The fraction of sp³-hybridized carbons (Fsp3) is 0.444. The van der Waals surface area contributed by atoms with Crippen molar-refractivity contribution in [2.24, 2.45) is 11.8 Å². The lowest BCUT2D eigenvalue weighted by atomic mass is 9.84. The van der Waals surface area contributed by atoms with E-state index < -0.39 is 0 Å². The van der Waals surface area contributed by atoms with E-state index in [-0.39, 0.29) is 11.9 Å². The number of amides is 1. The highest BCUT2D eigenvalue weighted by Gasteiger charge is 2.34. The Labute approximate surface area is 203 Å². The van der Waals surface area contributed by atoms with Crippen LogP contribution >= 0.6 is 11.3 Å². The predicted octanol–water partition coefficient (Wildman–Crippen LogP) is 4.58. The SMILES string of the molecule is Cc1ccc2c(N)c(C(=O)N[C@H]3CCc4c(ccc(N5CC6CCC(C6)C5)c4C#N)C3)sc2n1. The molecule has 2 bridgehead atoms. The quantitative estimate of drug-likeness (QED) is 0.583. The second kappa shape index (κ2) is 8.28. The molecule has 3 heterocycles. The van der Waals surface area contributed by atoms with Crippen molar-refractivity contribution in [2.75, 3.05) is 23.7 Å². The van der Waals surface area contributed by atoms with Gasteiger partial charge in [0.15, 0.2) is 0 Å². The number of fused-ring (bicyclic) bond motifs is 4. The predicted molar refractivity (Wildman–Crippen MR) is 136 cm³/mol. The van der Waals surface area contributed by atoms with Crippen LogP contribution in [0.15, 0.2) is 24.3 Å². The standard InChI is InChI=1S/C27H29N5OS/c1-15-2-7-21-24(29)25(34-27(21)30-15)26(33)31-19-6-8-20-18(11-19)5-9-23(22(20)12-28)32-13-16-3-4-17(10-16)14-32/h2,5,7,9,16-17,19H,3-4,6,8,10-11,13-14,29H2,1H3,(H,31,33)/t16?,17?,19-/m0/s1. The minimum absolute atomic E-state index is 0.0301. The van der Waals surface area contributed by atoms with E-state index in [9.17, 15) is 10.1 Å². The number of aryl methyl sites for hydroxylation is 1. The Bertz CT molecular complexity index is 1330. The topological polar surface area (TPSA) is 95.0 Å². The Morgan fingerprint density at radius 3 is 2.76 bits per heavy atom. The third-order valence-electron chi connectivity index (χ3n) is 7.93.